The Morgan fingerprint density at radius 2 is 0.877 bits per heavy atom. The first kappa shape index (κ1) is 33.2. The predicted octanol–water partition coefficient (Wildman–Crippen LogP) is 16.0. The molecular weight excluding hydrogens is 711 g/mol. The van der Waals surface area contributed by atoms with Gasteiger partial charge >= 0.3 is 0 Å². The smallest absolute Gasteiger partial charge is 0.159 e. The highest BCUT2D eigenvalue weighted by atomic mass is 32.1. The van der Waals surface area contributed by atoms with Gasteiger partial charge in [0.2, 0.25) is 0 Å². The molecule has 0 fully saturated rings. The number of anilines is 3. The second-order valence-electron chi connectivity index (χ2n) is 14.4. The lowest BCUT2D eigenvalue weighted by molar-refractivity contribution is 0.489. The van der Waals surface area contributed by atoms with Crippen LogP contribution >= 0.6 is 11.3 Å². The van der Waals surface area contributed by atoms with Crippen molar-refractivity contribution in [2.45, 2.75) is 0 Å². The molecule has 0 bridgehead atoms. The Morgan fingerprint density at radius 3 is 1.65 bits per heavy atom. The number of hydrogen-bond acceptors (Lipinski definition) is 3. The van der Waals surface area contributed by atoms with Crippen LogP contribution in [0.1, 0.15) is 0 Å². The zero-order chi connectivity index (χ0) is 37.7. The third-order valence-electron chi connectivity index (χ3n) is 11.1. The van der Waals surface area contributed by atoms with Gasteiger partial charge in [0.25, 0.3) is 0 Å². The van der Waals surface area contributed by atoms with Crippen LogP contribution in [0, 0.1) is 0 Å². The van der Waals surface area contributed by atoms with Crippen molar-refractivity contribution in [3.63, 3.8) is 0 Å². The summed E-state index contributed by atoms with van der Waals surface area (Å²) in [6, 6.07) is 76.1. The second-order valence-corrected chi connectivity index (χ2v) is 15.5. The Kier molecular flexibility index (Phi) is 8.04. The molecule has 268 valence electrons. The van der Waals surface area contributed by atoms with E-state index in [9.17, 15) is 0 Å². The van der Waals surface area contributed by atoms with E-state index in [-0.39, 0.29) is 0 Å². The minimum absolute atomic E-state index is 0.820. The summed E-state index contributed by atoms with van der Waals surface area (Å²) in [6.45, 7) is 0. The van der Waals surface area contributed by atoms with Gasteiger partial charge in [-0.15, -0.1) is 11.3 Å². The van der Waals surface area contributed by atoms with Gasteiger partial charge in [-0.05, 0) is 87.0 Å². The van der Waals surface area contributed by atoms with Gasteiger partial charge in [-0.1, -0.05) is 170 Å². The molecule has 1 aliphatic heterocycles. The van der Waals surface area contributed by atoms with Gasteiger partial charge in [0.05, 0.1) is 5.69 Å². The normalized spacial score (nSPS) is 11.6. The molecule has 10 aromatic rings. The maximum Gasteiger partial charge on any atom is 0.159 e. The largest absolute Gasteiger partial charge is 0.454 e. The fourth-order valence-electron chi connectivity index (χ4n) is 8.44. The van der Waals surface area contributed by atoms with Crippen LogP contribution in [0.5, 0.6) is 11.5 Å². The number of thiophene rings is 1. The number of fused-ring (bicyclic) bond motifs is 8. The molecule has 0 saturated carbocycles. The van der Waals surface area contributed by atoms with Crippen molar-refractivity contribution in [3.8, 4) is 67.1 Å². The summed E-state index contributed by atoms with van der Waals surface area (Å²) in [7, 11) is 0. The van der Waals surface area contributed by atoms with E-state index in [2.05, 4.69) is 217 Å². The zero-order valence-corrected chi connectivity index (χ0v) is 31.8. The highest BCUT2D eigenvalue weighted by Gasteiger charge is 2.28. The maximum atomic E-state index is 7.23. The number of para-hydroxylation sites is 1. The van der Waals surface area contributed by atoms with E-state index in [0.717, 1.165) is 61.9 Å². The quantitative estimate of drug-likeness (QED) is 0.168. The van der Waals surface area contributed by atoms with Crippen LogP contribution in [0.2, 0.25) is 0 Å². The second kappa shape index (κ2) is 13.8. The Bertz CT molecular complexity index is 3080. The summed E-state index contributed by atoms with van der Waals surface area (Å²) in [5.41, 5.74) is 14.6. The first-order chi connectivity index (χ1) is 28.3. The summed E-state index contributed by atoms with van der Waals surface area (Å²) in [6.07, 6.45) is 0. The standard InChI is InChI=1S/C54H35NOS/c1-3-14-36(15-4-1)37-28-32-40(33-29-37)55(41-34-30-39(31-35-41)43-22-11-24-48-45-19-9-10-27-51(45)57-54(43)48)49-25-12-23-47-44-18-7-8-20-46(44)52-42(38-16-5-2-6-17-38)21-13-26-50(52)56-53(47)49/h1-35H. The van der Waals surface area contributed by atoms with E-state index in [0.29, 0.717) is 0 Å². The number of benzene rings is 9. The zero-order valence-electron chi connectivity index (χ0n) is 31.0. The highest BCUT2D eigenvalue weighted by Crippen LogP contribution is 2.54. The SMILES string of the molecule is c1ccc(-c2ccc(N(c3ccc(-c4cccc5c4sc4ccccc45)cc3)c3cccc4c3Oc3cccc(-c5ccccc5)c3-c3ccccc3-4)cc2)cc1. The van der Waals surface area contributed by atoms with Crippen LogP contribution in [0.25, 0.3) is 75.8 Å². The number of ether oxygens (including phenoxy) is 1. The highest BCUT2D eigenvalue weighted by molar-refractivity contribution is 7.26. The molecular formula is C54H35NOS. The van der Waals surface area contributed by atoms with Crippen molar-refractivity contribution < 1.29 is 4.74 Å². The molecule has 11 rings (SSSR count). The minimum atomic E-state index is 0.820. The van der Waals surface area contributed by atoms with Gasteiger partial charge in [0.1, 0.15) is 5.75 Å². The average Bonchev–Trinajstić information content (AvgIpc) is 3.60. The van der Waals surface area contributed by atoms with Crippen molar-refractivity contribution in [1.82, 2.24) is 0 Å². The van der Waals surface area contributed by atoms with Gasteiger partial charge in [-0.2, -0.15) is 0 Å². The summed E-state index contributed by atoms with van der Waals surface area (Å²) < 4.78 is 9.85. The van der Waals surface area contributed by atoms with E-state index >= 15 is 0 Å². The molecule has 0 spiro atoms. The third kappa shape index (κ3) is 5.71. The molecule has 0 N–H and O–H groups in total. The van der Waals surface area contributed by atoms with Crippen LogP contribution in [-0.2, 0) is 0 Å². The minimum Gasteiger partial charge on any atom is -0.454 e. The first-order valence-corrected chi connectivity index (χ1v) is 20.2. The summed E-state index contributed by atoms with van der Waals surface area (Å²) >= 11 is 1.87. The van der Waals surface area contributed by atoms with Gasteiger partial charge < -0.3 is 9.64 Å². The van der Waals surface area contributed by atoms with E-state index in [1.54, 1.807) is 0 Å². The predicted molar refractivity (Wildman–Crippen MR) is 241 cm³/mol. The Morgan fingerprint density at radius 1 is 0.351 bits per heavy atom. The Balaban J connectivity index is 1.09. The van der Waals surface area contributed by atoms with Gasteiger partial charge in [0.15, 0.2) is 5.75 Å². The molecule has 0 amide bonds. The van der Waals surface area contributed by atoms with Gasteiger partial charge in [-0.3, -0.25) is 0 Å². The maximum absolute atomic E-state index is 7.23. The van der Waals surface area contributed by atoms with E-state index in [1.165, 1.54) is 42.4 Å². The molecule has 2 heterocycles. The third-order valence-corrected chi connectivity index (χ3v) is 12.3. The van der Waals surface area contributed by atoms with E-state index < -0.39 is 0 Å². The van der Waals surface area contributed by atoms with Crippen molar-refractivity contribution in [1.29, 1.82) is 0 Å². The van der Waals surface area contributed by atoms with Gasteiger partial charge in [-0.25, -0.2) is 0 Å². The molecule has 0 atom stereocenters. The molecule has 1 aliphatic rings. The Hall–Kier alpha value is -7.20. The lowest BCUT2D eigenvalue weighted by atomic mass is 9.89. The van der Waals surface area contributed by atoms with Crippen LogP contribution < -0.4 is 9.64 Å². The topological polar surface area (TPSA) is 12.5 Å². The molecule has 0 radical (unpaired) electrons. The van der Waals surface area contributed by atoms with Crippen LogP contribution in [0.4, 0.5) is 17.1 Å². The fourth-order valence-corrected chi connectivity index (χ4v) is 9.68. The monoisotopic (exact) mass is 745 g/mol. The fraction of sp³-hybridized carbons (Fsp3) is 0. The molecule has 0 saturated heterocycles. The van der Waals surface area contributed by atoms with Gasteiger partial charge in [0, 0.05) is 42.7 Å². The van der Waals surface area contributed by atoms with Crippen LogP contribution in [0.3, 0.4) is 0 Å². The van der Waals surface area contributed by atoms with Crippen molar-refractivity contribution in [3.05, 3.63) is 212 Å². The Labute approximate surface area is 336 Å². The van der Waals surface area contributed by atoms with Crippen LogP contribution in [0.15, 0.2) is 212 Å². The molecule has 1 aromatic heterocycles. The molecule has 3 heteroatoms. The number of hydrogen-bond donors (Lipinski definition) is 0. The van der Waals surface area contributed by atoms with E-state index in [1.807, 2.05) is 11.3 Å². The van der Waals surface area contributed by atoms with Crippen molar-refractivity contribution in [2.24, 2.45) is 0 Å². The van der Waals surface area contributed by atoms with Crippen LogP contribution in [-0.4, -0.2) is 0 Å². The average molecular weight is 746 g/mol. The van der Waals surface area contributed by atoms with Crippen molar-refractivity contribution in [2.75, 3.05) is 4.90 Å². The lowest BCUT2D eigenvalue weighted by Crippen LogP contribution is -2.11. The first-order valence-electron chi connectivity index (χ1n) is 19.3. The molecule has 2 nitrogen and oxygen atoms in total. The number of nitrogens with zero attached hydrogens (tertiary/aromatic N) is 1. The molecule has 57 heavy (non-hydrogen) atoms. The lowest BCUT2D eigenvalue weighted by Gasteiger charge is -2.28. The molecule has 9 aromatic carbocycles. The number of rotatable bonds is 6. The van der Waals surface area contributed by atoms with Crippen molar-refractivity contribution >= 4 is 48.6 Å². The molecule has 0 unspecified atom stereocenters. The summed E-state index contributed by atoms with van der Waals surface area (Å²) in [4.78, 5) is 2.34. The summed E-state index contributed by atoms with van der Waals surface area (Å²) in [5, 5.41) is 2.61. The summed E-state index contributed by atoms with van der Waals surface area (Å²) in [5.74, 6) is 1.65. The molecule has 0 aliphatic carbocycles. The van der Waals surface area contributed by atoms with E-state index in [4.69, 9.17) is 4.74 Å².